The van der Waals surface area contributed by atoms with E-state index in [0.29, 0.717) is 6.04 Å². The molecule has 2 bridgehead atoms. The number of imidazole rings is 1. The Hall–Kier alpha value is -0.870. The van der Waals surface area contributed by atoms with Gasteiger partial charge in [-0.15, -0.1) is 11.3 Å². The predicted octanol–water partition coefficient (Wildman–Crippen LogP) is 2.82. The molecule has 0 radical (unpaired) electrons. The van der Waals surface area contributed by atoms with Gasteiger partial charge in [0.1, 0.15) is 0 Å². The molecule has 2 aromatic heterocycles. The zero-order valence-corrected chi connectivity index (χ0v) is 12.6. The van der Waals surface area contributed by atoms with Crippen LogP contribution in [0.15, 0.2) is 17.8 Å². The third-order valence-corrected chi connectivity index (χ3v) is 6.97. The van der Waals surface area contributed by atoms with Gasteiger partial charge in [0.2, 0.25) is 0 Å². The van der Waals surface area contributed by atoms with E-state index >= 15 is 0 Å². The average Bonchev–Trinajstić information content (AvgIpc) is 2.91. The average molecular weight is 287 g/mol. The maximum Gasteiger partial charge on any atom is 0.193 e. The van der Waals surface area contributed by atoms with Gasteiger partial charge < -0.3 is 5.32 Å². The molecule has 1 N–H and O–H groups in total. The summed E-state index contributed by atoms with van der Waals surface area (Å²) in [7, 11) is 2.14. The number of nitrogens with one attached hydrogen (secondary N) is 1. The van der Waals surface area contributed by atoms with Crippen molar-refractivity contribution >= 4 is 16.3 Å². The minimum absolute atomic E-state index is 0.637. The molecule has 0 saturated heterocycles. The number of likely N-dealkylation sites (N-methyl/N-ethyl adjacent to an activating group) is 1. The van der Waals surface area contributed by atoms with Crippen molar-refractivity contribution in [3.8, 4) is 0 Å². The van der Waals surface area contributed by atoms with Crippen LogP contribution in [0.4, 0.5) is 0 Å². The summed E-state index contributed by atoms with van der Waals surface area (Å²) in [5, 5.41) is 5.70. The predicted molar refractivity (Wildman–Crippen MR) is 80.9 cm³/mol. The summed E-state index contributed by atoms with van der Waals surface area (Å²) in [6.45, 7) is 0. The molecule has 3 saturated carbocycles. The van der Waals surface area contributed by atoms with Crippen molar-refractivity contribution < 1.29 is 0 Å². The molecular weight excluding hydrogens is 266 g/mol. The maximum absolute atomic E-state index is 4.76. The maximum atomic E-state index is 4.76. The van der Waals surface area contributed by atoms with E-state index in [0.717, 1.165) is 41.0 Å². The minimum Gasteiger partial charge on any atom is -0.316 e. The number of hydrogen-bond acceptors (Lipinski definition) is 3. The molecular formula is C16H21N3S. The number of hydrogen-bond donors (Lipinski definition) is 1. The lowest BCUT2D eigenvalue weighted by molar-refractivity contribution is 0.375. The third-order valence-electron chi connectivity index (χ3n) is 6.20. The van der Waals surface area contributed by atoms with Crippen molar-refractivity contribution in [2.45, 2.75) is 31.7 Å². The number of fused-ring (bicyclic) bond motifs is 6. The molecule has 0 aliphatic heterocycles. The summed E-state index contributed by atoms with van der Waals surface area (Å²) in [6, 6.07) is 0.637. The van der Waals surface area contributed by atoms with Crippen LogP contribution in [0.25, 0.3) is 4.96 Å². The molecule has 0 amide bonds. The topological polar surface area (TPSA) is 29.3 Å². The number of nitrogens with zero attached hydrogens (tertiary/aromatic N) is 2. The first-order valence-corrected chi connectivity index (χ1v) is 8.81. The standard InChI is InChI=1S/C16H21N3S/c1-17-12(7-11-8-19-4-5-20-16(19)18-11)15-13-9-2-3-10(6-9)14(13)15/h4-5,8-10,12-15,17H,2-3,6-7H2,1H3. The van der Waals surface area contributed by atoms with Crippen molar-refractivity contribution in [1.29, 1.82) is 0 Å². The quantitative estimate of drug-likeness (QED) is 0.937. The highest BCUT2D eigenvalue weighted by Crippen LogP contribution is 2.70. The van der Waals surface area contributed by atoms with Gasteiger partial charge in [-0.2, -0.15) is 0 Å². The summed E-state index contributed by atoms with van der Waals surface area (Å²) < 4.78 is 2.16. The van der Waals surface area contributed by atoms with Crippen LogP contribution in [0, 0.1) is 29.6 Å². The zero-order chi connectivity index (χ0) is 13.3. The highest BCUT2D eigenvalue weighted by atomic mass is 32.1. The Morgan fingerprint density at radius 3 is 2.90 bits per heavy atom. The number of aromatic nitrogens is 2. The van der Waals surface area contributed by atoms with Crippen molar-refractivity contribution in [2.24, 2.45) is 29.6 Å². The van der Waals surface area contributed by atoms with E-state index < -0.39 is 0 Å². The van der Waals surface area contributed by atoms with Gasteiger partial charge in [0.05, 0.1) is 5.69 Å². The van der Waals surface area contributed by atoms with Crippen molar-refractivity contribution in [3.63, 3.8) is 0 Å². The Kier molecular flexibility index (Phi) is 2.40. The zero-order valence-electron chi connectivity index (χ0n) is 11.8. The third kappa shape index (κ3) is 1.52. The molecule has 3 aliphatic carbocycles. The van der Waals surface area contributed by atoms with Crippen LogP contribution in [0.1, 0.15) is 25.0 Å². The van der Waals surface area contributed by atoms with E-state index in [4.69, 9.17) is 4.98 Å². The lowest BCUT2D eigenvalue weighted by Crippen LogP contribution is -2.32. The van der Waals surface area contributed by atoms with Gasteiger partial charge in [-0.25, -0.2) is 4.98 Å². The Bertz CT molecular complexity index is 600. The minimum atomic E-state index is 0.637. The van der Waals surface area contributed by atoms with Gasteiger partial charge in [0.25, 0.3) is 0 Å². The molecule has 4 heteroatoms. The fourth-order valence-electron chi connectivity index (χ4n) is 5.46. The molecule has 5 atom stereocenters. The van der Waals surface area contributed by atoms with Crippen LogP contribution in [0.3, 0.4) is 0 Å². The molecule has 5 unspecified atom stereocenters. The normalized spacial score (nSPS) is 39.4. The molecule has 5 rings (SSSR count). The second-order valence-electron chi connectivity index (χ2n) is 6.99. The van der Waals surface area contributed by atoms with E-state index in [-0.39, 0.29) is 0 Å². The highest BCUT2D eigenvalue weighted by Gasteiger charge is 2.66. The van der Waals surface area contributed by atoms with Gasteiger partial charge in [-0.05, 0) is 55.9 Å². The second-order valence-corrected chi connectivity index (χ2v) is 7.86. The lowest BCUT2D eigenvalue weighted by Gasteiger charge is -2.19. The van der Waals surface area contributed by atoms with E-state index in [1.807, 2.05) is 0 Å². The van der Waals surface area contributed by atoms with Crippen molar-refractivity contribution in [3.05, 3.63) is 23.5 Å². The van der Waals surface area contributed by atoms with Gasteiger partial charge in [0, 0.05) is 30.2 Å². The summed E-state index contributed by atoms with van der Waals surface area (Å²) >= 11 is 1.73. The van der Waals surface area contributed by atoms with Crippen LogP contribution in [0.5, 0.6) is 0 Å². The van der Waals surface area contributed by atoms with Crippen LogP contribution < -0.4 is 5.32 Å². The van der Waals surface area contributed by atoms with Gasteiger partial charge in [-0.3, -0.25) is 4.40 Å². The smallest absolute Gasteiger partial charge is 0.193 e. The number of rotatable bonds is 4. The van der Waals surface area contributed by atoms with Gasteiger partial charge in [-0.1, -0.05) is 0 Å². The molecule has 3 nitrogen and oxygen atoms in total. The first-order valence-electron chi connectivity index (χ1n) is 7.93. The van der Waals surface area contributed by atoms with Crippen molar-refractivity contribution in [2.75, 3.05) is 7.05 Å². The largest absolute Gasteiger partial charge is 0.316 e. The van der Waals surface area contributed by atoms with E-state index in [1.165, 1.54) is 18.5 Å². The first kappa shape index (κ1) is 11.8. The summed E-state index contributed by atoms with van der Waals surface area (Å²) in [5.41, 5.74) is 1.26. The van der Waals surface area contributed by atoms with Crippen LogP contribution >= 0.6 is 11.3 Å². The molecule has 0 spiro atoms. The summed E-state index contributed by atoms with van der Waals surface area (Å²) in [4.78, 5) is 5.89. The lowest BCUT2D eigenvalue weighted by atomic mass is 9.95. The monoisotopic (exact) mass is 287 g/mol. The van der Waals surface area contributed by atoms with Crippen LogP contribution in [-0.4, -0.2) is 22.5 Å². The van der Waals surface area contributed by atoms with E-state index in [9.17, 15) is 0 Å². The molecule has 0 aromatic carbocycles. The van der Waals surface area contributed by atoms with Gasteiger partial charge >= 0.3 is 0 Å². The molecule has 3 aliphatic rings. The SMILES string of the molecule is CNC(Cc1cn2ccsc2n1)C1C2C3CCC(C3)C21. The number of thiazole rings is 1. The highest BCUT2D eigenvalue weighted by molar-refractivity contribution is 7.15. The van der Waals surface area contributed by atoms with Gasteiger partial charge in [0.15, 0.2) is 4.96 Å². The van der Waals surface area contributed by atoms with Crippen LogP contribution in [0.2, 0.25) is 0 Å². The van der Waals surface area contributed by atoms with E-state index in [2.05, 4.69) is 34.5 Å². The molecule has 2 heterocycles. The molecule has 2 aromatic rings. The van der Waals surface area contributed by atoms with Crippen molar-refractivity contribution in [1.82, 2.24) is 14.7 Å². The summed E-state index contributed by atoms with van der Waals surface area (Å²) in [5.74, 6) is 5.17. The fraction of sp³-hybridized carbons (Fsp3) is 0.688. The molecule has 106 valence electrons. The Morgan fingerprint density at radius 1 is 1.40 bits per heavy atom. The first-order chi connectivity index (χ1) is 9.85. The Balaban J connectivity index is 1.36. The molecule has 20 heavy (non-hydrogen) atoms. The Labute approximate surface area is 123 Å². The Morgan fingerprint density at radius 2 is 2.20 bits per heavy atom. The second kappa shape index (κ2) is 4.08. The van der Waals surface area contributed by atoms with Crippen LogP contribution in [-0.2, 0) is 6.42 Å². The molecule has 3 fully saturated rings. The fourth-order valence-corrected chi connectivity index (χ4v) is 6.18. The van der Waals surface area contributed by atoms with E-state index in [1.54, 1.807) is 17.8 Å². The summed E-state index contributed by atoms with van der Waals surface area (Å²) in [6.07, 6.45) is 9.99.